The van der Waals surface area contributed by atoms with Gasteiger partial charge in [-0.05, 0) is 32.6 Å². The summed E-state index contributed by atoms with van der Waals surface area (Å²) in [7, 11) is 0. The largest absolute Gasteiger partial charge is 0.464 e. The first-order valence-electron chi connectivity index (χ1n) is 7.46. The Morgan fingerprint density at radius 3 is 2.32 bits per heavy atom. The lowest BCUT2D eigenvalue weighted by Gasteiger charge is -2.27. The van der Waals surface area contributed by atoms with Crippen molar-refractivity contribution in [2.24, 2.45) is 5.92 Å². The van der Waals surface area contributed by atoms with Crippen LogP contribution >= 0.6 is 0 Å². The molecule has 0 spiro atoms. The summed E-state index contributed by atoms with van der Waals surface area (Å²) >= 11 is 0. The van der Waals surface area contributed by atoms with E-state index < -0.39 is 6.10 Å². The molecule has 1 aliphatic carbocycles. The van der Waals surface area contributed by atoms with Gasteiger partial charge >= 0.3 is 5.97 Å². The second kappa shape index (κ2) is 8.54. The molecule has 0 bridgehead atoms. The van der Waals surface area contributed by atoms with Gasteiger partial charge in [0, 0.05) is 0 Å². The molecule has 112 valence electrons. The van der Waals surface area contributed by atoms with Gasteiger partial charge in [0.2, 0.25) is 0 Å². The van der Waals surface area contributed by atoms with Crippen molar-refractivity contribution < 1.29 is 19.0 Å². The Hall–Kier alpha value is -0.610. The Bertz CT molecular complexity index is 259. The number of carbonyl (C=O) groups excluding carboxylic acids is 1. The smallest absolute Gasteiger partial charge is 0.335 e. The maximum absolute atomic E-state index is 11.7. The number of rotatable bonds is 7. The Kier molecular flexibility index (Phi) is 7.39. The first-order chi connectivity index (χ1) is 8.99. The molecule has 0 amide bonds. The van der Waals surface area contributed by atoms with Gasteiger partial charge in [0.25, 0.3) is 0 Å². The molecular weight excluding hydrogens is 244 g/mol. The van der Waals surface area contributed by atoms with Gasteiger partial charge in [-0.2, -0.15) is 0 Å². The summed E-state index contributed by atoms with van der Waals surface area (Å²) in [6.45, 7) is 8.01. The maximum Gasteiger partial charge on any atom is 0.335 e. The molecule has 0 saturated heterocycles. The monoisotopic (exact) mass is 272 g/mol. The van der Waals surface area contributed by atoms with E-state index in [0.29, 0.717) is 12.5 Å². The highest BCUT2D eigenvalue weighted by Crippen LogP contribution is 2.22. The zero-order valence-corrected chi connectivity index (χ0v) is 12.7. The second-order valence-corrected chi connectivity index (χ2v) is 5.77. The van der Waals surface area contributed by atoms with Gasteiger partial charge in [-0.15, -0.1) is 0 Å². The Morgan fingerprint density at radius 2 is 1.74 bits per heavy atom. The van der Waals surface area contributed by atoms with Crippen molar-refractivity contribution in [2.75, 3.05) is 6.61 Å². The normalized spacial score (nSPS) is 20.3. The van der Waals surface area contributed by atoms with Crippen LogP contribution in [0.2, 0.25) is 0 Å². The highest BCUT2D eigenvalue weighted by Gasteiger charge is 2.22. The summed E-state index contributed by atoms with van der Waals surface area (Å²) < 4.78 is 16.5. The van der Waals surface area contributed by atoms with E-state index in [0.717, 1.165) is 12.8 Å². The Morgan fingerprint density at radius 1 is 1.11 bits per heavy atom. The fourth-order valence-electron chi connectivity index (χ4n) is 2.21. The molecule has 0 aromatic rings. The third kappa shape index (κ3) is 6.92. The predicted molar refractivity (Wildman–Crippen MR) is 73.8 cm³/mol. The minimum absolute atomic E-state index is 0.280. The molecule has 4 heteroatoms. The van der Waals surface area contributed by atoms with Gasteiger partial charge < -0.3 is 14.2 Å². The summed E-state index contributed by atoms with van der Waals surface area (Å²) in [5, 5.41) is 0. The maximum atomic E-state index is 11.7. The first kappa shape index (κ1) is 16.4. The van der Waals surface area contributed by atoms with Crippen molar-refractivity contribution in [3.05, 3.63) is 0 Å². The molecule has 0 aliphatic heterocycles. The van der Waals surface area contributed by atoms with Gasteiger partial charge in [0.15, 0.2) is 12.4 Å². The van der Waals surface area contributed by atoms with Gasteiger partial charge in [-0.3, -0.25) is 0 Å². The Balaban J connectivity index is 2.22. The van der Waals surface area contributed by atoms with Gasteiger partial charge in [0.05, 0.1) is 12.7 Å². The number of carbonyl (C=O) groups is 1. The number of ether oxygens (including phenoxy) is 3. The van der Waals surface area contributed by atoms with Crippen LogP contribution in [0.1, 0.15) is 59.8 Å². The van der Waals surface area contributed by atoms with Gasteiger partial charge in [-0.1, -0.05) is 33.1 Å². The van der Waals surface area contributed by atoms with E-state index in [4.69, 9.17) is 14.2 Å². The molecule has 1 fully saturated rings. The number of hydrogen-bond acceptors (Lipinski definition) is 4. The van der Waals surface area contributed by atoms with Crippen LogP contribution in [0.3, 0.4) is 0 Å². The fraction of sp³-hybridized carbons (Fsp3) is 0.933. The summed E-state index contributed by atoms with van der Waals surface area (Å²) in [4.78, 5) is 11.7. The molecule has 1 saturated carbocycles. The van der Waals surface area contributed by atoms with Crippen LogP contribution < -0.4 is 0 Å². The minimum atomic E-state index is -0.572. The first-order valence-corrected chi connectivity index (χ1v) is 7.46. The van der Waals surface area contributed by atoms with E-state index in [1.807, 2.05) is 20.8 Å². The zero-order valence-electron chi connectivity index (χ0n) is 12.7. The zero-order chi connectivity index (χ0) is 14.3. The van der Waals surface area contributed by atoms with E-state index >= 15 is 0 Å². The van der Waals surface area contributed by atoms with Crippen LogP contribution in [0, 0.1) is 5.92 Å². The van der Waals surface area contributed by atoms with E-state index in [2.05, 4.69) is 0 Å². The topological polar surface area (TPSA) is 44.8 Å². The molecule has 0 radical (unpaired) electrons. The summed E-state index contributed by atoms with van der Waals surface area (Å²) in [6.07, 6.45) is 5.30. The molecule has 0 N–H and O–H groups in total. The summed E-state index contributed by atoms with van der Waals surface area (Å²) in [6, 6.07) is 0. The standard InChI is InChI=1S/C15H28O4/c1-11(2)10-17-15(16)12(3)18-13(4)19-14-8-6-5-7-9-14/h11-14H,5-10H2,1-4H3/t12-,13?/m1/s1. The lowest BCUT2D eigenvalue weighted by Crippen LogP contribution is -2.32. The third-order valence-corrected chi connectivity index (χ3v) is 3.22. The molecule has 19 heavy (non-hydrogen) atoms. The highest BCUT2D eigenvalue weighted by atomic mass is 16.7. The molecule has 0 aromatic carbocycles. The van der Waals surface area contributed by atoms with E-state index in [1.54, 1.807) is 6.92 Å². The highest BCUT2D eigenvalue weighted by molar-refractivity contribution is 5.74. The van der Waals surface area contributed by atoms with Crippen LogP contribution in [0.4, 0.5) is 0 Å². The summed E-state index contributed by atoms with van der Waals surface area (Å²) in [5.74, 6) is 0.0276. The van der Waals surface area contributed by atoms with Crippen molar-refractivity contribution in [2.45, 2.75) is 78.3 Å². The average molecular weight is 272 g/mol. The molecule has 0 aromatic heterocycles. The van der Waals surface area contributed by atoms with Crippen molar-refractivity contribution >= 4 is 5.97 Å². The van der Waals surface area contributed by atoms with E-state index in [1.165, 1.54) is 19.3 Å². The van der Waals surface area contributed by atoms with Gasteiger partial charge in [-0.25, -0.2) is 4.79 Å². The molecular formula is C15H28O4. The SMILES string of the molecule is CC(C)COC(=O)[C@@H](C)OC(C)OC1CCCCC1. The van der Waals surface area contributed by atoms with E-state index in [9.17, 15) is 4.79 Å². The lowest BCUT2D eigenvalue weighted by atomic mass is 9.98. The third-order valence-electron chi connectivity index (χ3n) is 3.22. The molecule has 1 rings (SSSR count). The fourth-order valence-corrected chi connectivity index (χ4v) is 2.21. The van der Waals surface area contributed by atoms with Crippen LogP contribution in [0.15, 0.2) is 0 Å². The van der Waals surface area contributed by atoms with E-state index in [-0.39, 0.29) is 18.4 Å². The van der Waals surface area contributed by atoms with Crippen molar-refractivity contribution in [3.8, 4) is 0 Å². The quantitative estimate of drug-likeness (QED) is 0.527. The van der Waals surface area contributed by atoms with Crippen molar-refractivity contribution in [3.63, 3.8) is 0 Å². The number of esters is 1. The van der Waals surface area contributed by atoms with Crippen LogP contribution in [0.25, 0.3) is 0 Å². The molecule has 4 nitrogen and oxygen atoms in total. The minimum Gasteiger partial charge on any atom is -0.464 e. The van der Waals surface area contributed by atoms with Crippen LogP contribution in [0.5, 0.6) is 0 Å². The molecule has 2 atom stereocenters. The number of hydrogen-bond donors (Lipinski definition) is 0. The summed E-state index contributed by atoms with van der Waals surface area (Å²) in [5.41, 5.74) is 0. The van der Waals surface area contributed by atoms with Crippen molar-refractivity contribution in [1.29, 1.82) is 0 Å². The predicted octanol–water partition coefficient (Wildman–Crippen LogP) is 3.29. The second-order valence-electron chi connectivity index (χ2n) is 5.77. The Labute approximate surface area is 116 Å². The lowest BCUT2D eigenvalue weighted by molar-refractivity contribution is -0.201. The van der Waals surface area contributed by atoms with Crippen LogP contribution in [-0.2, 0) is 19.0 Å². The molecule has 1 aliphatic rings. The van der Waals surface area contributed by atoms with Crippen molar-refractivity contribution in [1.82, 2.24) is 0 Å². The average Bonchev–Trinajstić information content (AvgIpc) is 2.36. The molecule has 1 unspecified atom stereocenters. The van der Waals surface area contributed by atoms with Crippen LogP contribution in [-0.4, -0.2) is 31.1 Å². The van der Waals surface area contributed by atoms with Gasteiger partial charge in [0.1, 0.15) is 0 Å². The molecule has 0 heterocycles.